The number of aromatic nitrogens is 6. The standard InChI is InChI=1S/C54H30N6O2S2/c1-3-15-31(16-4-1)49-55-51(59-52(56-49)38-23-13-21-36-34-19-7-11-27-44(34)63-47(36)38)33-29-40(46-43(30-33)61-41-25-9-10-26-42(41)62-46)54-58-50(32-17-5-2-6-18-32)57-53(60-54)39-24-14-22-37-35-20-8-12-28-45(35)64-48(37)39/h1-30H. The summed E-state index contributed by atoms with van der Waals surface area (Å²) in [7, 11) is 0. The lowest BCUT2D eigenvalue weighted by molar-refractivity contribution is 0.360. The van der Waals surface area contributed by atoms with Gasteiger partial charge in [0.05, 0.1) is 5.56 Å². The van der Waals surface area contributed by atoms with Gasteiger partial charge in [0.2, 0.25) is 0 Å². The van der Waals surface area contributed by atoms with Crippen LogP contribution < -0.4 is 9.47 Å². The zero-order valence-electron chi connectivity index (χ0n) is 33.6. The fraction of sp³-hybridized carbons (Fsp3) is 0. The zero-order chi connectivity index (χ0) is 42.1. The Morgan fingerprint density at radius 1 is 0.297 bits per heavy atom. The van der Waals surface area contributed by atoms with Gasteiger partial charge in [-0.25, -0.2) is 29.9 Å². The molecule has 10 heteroatoms. The third kappa shape index (κ3) is 6.11. The fourth-order valence-corrected chi connectivity index (χ4v) is 10.9. The molecule has 0 saturated carbocycles. The van der Waals surface area contributed by atoms with Crippen molar-refractivity contribution >= 4 is 63.0 Å². The number of fused-ring (bicyclic) bond motifs is 8. The van der Waals surface area contributed by atoms with Gasteiger partial charge in [0.1, 0.15) is 0 Å². The van der Waals surface area contributed by atoms with Crippen LogP contribution in [0.5, 0.6) is 23.0 Å². The topological polar surface area (TPSA) is 95.8 Å². The van der Waals surface area contributed by atoms with Crippen molar-refractivity contribution in [2.24, 2.45) is 0 Å². The first-order chi connectivity index (χ1) is 31.7. The van der Waals surface area contributed by atoms with Crippen LogP contribution in [-0.4, -0.2) is 29.9 Å². The van der Waals surface area contributed by atoms with E-state index >= 15 is 0 Å². The van der Waals surface area contributed by atoms with Crippen LogP contribution in [0.3, 0.4) is 0 Å². The molecule has 8 aromatic carbocycles. The van der Waals surface area contributed by atoms with E-state index in [0.717, 1.165) is 42.4 Å². The van der Waals surface area contributed by atoms with Crippen molar-refractivity contribution in [2.45, 2.75) is 0 Å². The van der Waals surface area contributed by atoms with E-state index in [0.29, 0.717) is 69.1 Å². The lowest BCUT2D eigenvalue weighted by atomic mass is 10.0. The van der Waals surface area contributed by atoms with E-state index in [4.69, 9.17) is 39.4 Å². The van der Waals surface area contributed by atoms with Gasteiger partial charge < -0.3 is 9.47 Å². The van der Waals surface area contributed by atoms with Crippen molar-refractivity contribution in [3.63, 3.8) is 0 Å². The highest BCUT2D eigenvalue weighted by Crippen LogP contribution is 2.51. The lowest BCUT2D eigenvalue weighted by Gasteiger charge is -2.23. The maximum Gasteiger partial charge on any atom is 0.181 e. The van der Waals surface area contributed by atoms with Crippen molar-refractivity contribution in [1.82, 2.24) is 29.9 Å². The summed E-state index contributed by atoms with van der Waals surface area (Å²) in [5.74, 6) is 5.19. The first kappa shape index (κ1) is 36.5. The molecule has 1 aliphatic rings. The third-order valence-corrected chi connectivity index (χ3v) is 13.9. The van der Waals surface area contributed by atoms with E-state index in [1.54, 1.807) is 22.7 Å². The molecule has 0 saturated heterocycles. The number of thiophene rings is 2. The average Bonchev–Trinajstić information content (AvgIpc) is 3.94. The number of hydrogen-bond donors (Lipinski definition) is 0. The van der Waals surface area contributed by atoms with Crippen LogP contribution in [0.4, 0.5) is 0 Å². The quantitative estimate of drug-likeness (QED) is 0.163. The SMILES string of the molecule is c1ccc(-c2nc(-c3cc4c(c(-c5nc(-c6ccccc6)nc(-c6cccc7c6sc6ccccc67)n5)c3)Oc3ccccc3O4)nc(-c3cccc4c3sc3ccccc34)n2)cc1. The van der Waals surface area contributed by atoms with Gasteiger partial charge in [0, 0.05) is 68.2 Å². The van der Waals surface area contributed by atoms with Crippen LogP contribution in [0.2, 0.25) is 0 Å². The minimum absolute atomic E-state index is 0.413. The maximum atomic E-state index is 6.74. The van der Waals surface area contributed by atoms with E-state index in [2.05, 4.69) is 84.9 Å². The second-order valence-corrected chi connectivity index (χ2v) is 17.5. The van der Waals surface area contributed by atoms with Crippen molar-refractivity contribution < 1.29 is 9.47 Å². The largest absolute Gasteiger partial charge is 0.449 e. The van der Waals surface area contributed by atoms with Crippen LogP contribution in [0, 0.1) is 0 Å². The van der Waals surface area contributed by atoms with Crippen LogP contribution in [0.25, 0.3) is 109 Å². The van der Waals surface area contributed by atoms with Crippen molar-refractivity contribution in [1.29, 1.82) is 0 Å². The Balaban J connectivity index is 1.06. The van der Waals surface area contributed by atoms with Gasteiger partial charge in [-0.3, -0.25) is 0 Å². The molecule has 0 atom stereocenters. The molecule has 13 rings (SSSR count). The summed E-state index contributed by atoms with van der Waals surface area (Å²) in [6.07, 6.45) is 0. The van der Waals surface area contributed by atoms with Crippen LogP contribution in [0.1, 0.15) is 0 Å². The highest BCUT2D eigenvalue weighted by Gasteiger charge is 2.28. The molecule has 0 unspecified atom stereocenters. The molecule has 64 heavy (non-hydrogen) atoms. The zero-order valence-corrected chi connectivity index (χ0v) is 35.3. The molecule has 0 amide bonds. The van der Waals surface area contributed by atoms with Gasteiger partial charge in [0.15, 0.2) is 57.9 Å². The first-order valence-corrected chi connectivity index (χ1v) is 22.4. The summed E-state index contributed by atoms with van der Waals surface area (Å²) in [6, 6.07) is 61.2. The highest BCUT2D eigenvalue weighted by molar-refractivity contribution is 7.26. The lowest BCUT2D eigenvalue weighted by Crippen LogP contribution is -2.06. The molecule has 5 heterocycles. The maximum absolute atomic E-state index is 6.74. The molecule has 0 radical (unpaired) electrons. The summed E-state index contributed by atoms with van der Waals surface area (Å²) in [6.45, 7) is 0. The average molecular weight is 859 g/mol. The molecule has 300 valence electrons. The van der Waals surface area contributed by atoms with E-state index in [-0.39, 0.29) is 0 Å². The van der Waals surface area contributed by atoms with Crippen molar-refractivity contribution in [3.05, 3.63) is 182 Å². The van der Waals surface area contributed by atoms with Crippen LogP contribution in [0.15, 0.2) is 182 Å². The number of benzene rings is 8. The Bertz CT molecular complexity index is 3810. The Kier molecular flexibility index (Phi) is 8.40. The van der Waals surface area contributed by atoms with Gasteiger partial charge in [-0.2, -0.15) is 0 Å². The Labute approximate surface area is 373 Å². The molecule has 0 N–H and O–H groups in total. The summed E-state index contributed by atoms with van der Waals surface area (Å²) in [5.41, 5.74) is 4.84. The monoisotopic (exact) mass is 858 g/mol. The number of rotatable bonds is 6. The molecular weight excluding hydrogens is 829 g/mol. The number of para-hydroxylation sites is 2. The van der Waals surface area contributed by atoms with Gasteiger partial charge in [-0.05, 0) is 48.5 Å². The van der Waals surface area contributed by atoms with Gasteiger partial charge >= 0.3 is 0 Å². The summed E-state index contributed by atoms with van der Waals surface area (Å²) < 4.78 is 18.0. The number of hydrogen-bond acceptors (Lipinski definition) is 10. The molecule has 0 bridgehead atoms. The van der Waals surface area contributed by atoms with E-state index in [1.165, 1.54) is 20.2 Å². The molecule has 4 aromatic heterocycles. The van der Waals surface area contributed by atoms with Crippen molar-refractivity contribution in [2.75, 3.05) is 0 Å². The smallest absolute Gasteiger partial charge is 0.181 e. The Morgan fingerprint density at radius 2 is 0.719 bits per heavy atom. The van der Waals surface area contributed by atoms with Gasteiger partial charge in [-0.15, -0.1) is 22.7 Å². The number of nitrogens with zero attached hydrogens (tertiary/aromatic N) is 6. The van der Waals surface area contributed by atoms with Crippen LogP contribution in [-0.2, 0) is 0 Å². The summed E-state index contributed by atoms with van der Waals surface area (Å²) in [5, 5.41) is 4.71. The summed E-state index contributed by atoms with van der Waals surface area (Å²) >= 11 is 3.48. The Hall–Kier alpha value is -8.18. The normalized spacial score (nSPS) is 12.0. The molecule has 0 aliphatic carbocycles. The predicted molar refractivity (Wildman–Crippen MR) is 258 cm³/mol. The molecule has 1 aliphatic heterocycles. The fourth-order valence-electron chi connectivity index (χ4n) is 8.45. The molecule has 0 fully saturated rings. The Morgan fingerprint density at radius 3 is 1.28 bits per heavy atom. The second kappa shape index (κ2) is 14.7. The summed E-state index contributed by atoms with van der Waals surface area (Å²) in [4.78, 5) is 31.2. The minimum atomic E-state index is 0.413. The van der Waals surface area contributed by atoms with E-state index in [9.17, 15) is 0 Å². The van der Waals surface area contributed by atoms with Gasteiger partial charge in [0.25, 0.3) is 0 Å². The minimum Gasteiger partial charge on any atom is -0.449 e. The third-order valence-electron chi connectivity index (χ3n) is 11.5. The molecule has 0 spiro atoms. The van der Waals surface area contributed by atoms with Crippen LogP contribution >= 0.6 is 22.7 Å². The predicted octanol–water partition coefficient (Wildman–Crippen LogP) is 14.7. The molecular formula is C54H30N6O2S2. The second-order valence-electron chi connectivity index (χ2n) is 15.4. The van der Waals surface area contributed by atoms with E-state index in [1.807, 2.05) is 97.1 Å². The first-order valence-electron chi connectivity index (χ1n) is 20.8. The number of ether oxygens (including phenoxy) is 2. The van der Waals surface area contributed by atoms with E-state index < -0.39 is 0 Å². The molecule has 12 aromatic rings. The highest BCUT2D eigenvalue weighted by atomic mass is 32.1. The van der Waals surface area contributed by atoms with Crippen molar-refractivity contribution in [3.8, 4) is 91.3 Å². The van der Waals surface area contributed by atoms with Gasteiger partial charge in [-0.1, -0.05) is 133 Å². The molecule has 8 nitrogen and oxygen atoms in total.